The third kappa shape index (κ3) is 3.43. The molecular weight excluding hydrogens is 210 g/mol. The van der Waals surface area contributed by atoms with Crippen LogP contribution in [0.3, 0.4) is 0 Å². The molecule has 96 valence electrons. The van der Waals surface area contributed by atoms with Crippen LogP contribution in [0.25, 0.3) is 0 Å². The lowest BCUT2D eigenvalue weighted by molar-refractivity contribution is 0.328. The van der Waals surface area contributed by atoms with Crippen LogP contribution in [0, 0.1) is 5.41 Å². The number of rotatable bonds is 3. The van der Waals surface area contributed by atoms with Gasteiger partial charge in [-0.1, -0.05) is 26.8 Å². The lowest BCUT2D eigenvalue weighted by atomic mass is 9.87. The average Bonchev–Trinajstić information content (AvgIpc) is 2.26. The van der Waals surface area contributed by atoms with Crippen molar-refractivity contribution in [2.24, 2.45) is 11.1 Å². The minimum atomic E-state index is 0.0434. The summed E-state index contributed by atoms with van der Waals surface area (Å²) in [7, 11) is 2.09. The molecule has 3 nitrogen and oxygen atoms in total. The summed E-state index contributed by atoms with van der Waals surface area (Å²) in [6.45, 7) is 10.9. The molecule has 0 aliphatic rings. The van der Waals surface area contributed by atoms with E-state index in [4.69, 9.17) is 5.73 Å². The first kappa shape index (κ1) is 14.0. The van der Waals surface area contributed by atoms with E-state index in [1.165, 1.54) is 0 Å². The highest BCUT2D eigenvalue weighted by Crippen LogP contribution is 2.26. The van der Waals surface area contributed by atoms with E-state index in [9.17, 15) is 0 Å². The number of pyridine rings is 1. The second kappa shape index (κ2) is 5.05. The van der Waals surface area contributed by atoms with Crippen molar-refractivity contribution in [1.29, 1.82) is 0 Å². The Kier molecular flexibility index (Phi) is 4.15. The SMILES string of the molecule is CC(N(C)c1ccc([C@@H](C)N)cn1)C(C)(C)C. The lowest BCUT2D eigenvalue weighted by Crippen LogP contribution is -2.39. The molecule has 2 atom stereocenters. The minimum Gasteiger partial charge on any atom is -0.356 e. The van der Waals surface area contributed by atoms with Crippen LogP contribution in [0.2, 0.25) is 0 Å². The van der Waals surface area contributed by atoms with Crippen LogP contribution < -0.4 is 10.6 Å². The van der Waals surface area contributed by atoms with Gasteiger partial charge in [-0.05, 0) is 30.9 Å². The quantitative estimate of drug-likeness (QED) is 0.875. The normalized spacial score (nSPS) is 15.5. The summed E-state index contributed by atoms with van der Waals surface area (Å²) in [5.74, 6) is 0.997. The van der Waals surface area contributed by atoms with Crippen molar-refractivity contribution in [1.82, 2.24) is 4.98 Å². The molecule has 0 saturated carbocycles. The van der Waals surface area contributed by atoms with Gasteiger partial charge in [0.2, 0.25) is 0 Å². The molecular formula is C14H25N3. The molecule has 17 heavy (non-hydrogen) atoms. The highest BCUT2D eigenvalue weighted by Gasteiger charge is 2.24. The summed E-state index contributed by atoms with van der Waals surface area (Å²) in [5.41, 5.74) is 7.12. The first-order valence-electron chi connectivity index (χ1n) is 6.18. The zero-order valence-corrected chi connectivity index (χ0v) is 11.9. The van der Waals surface area contributed by atoms with Gasteiger partial charge >= 0.3 is 0 Å². The molecule has 0 aliphatic carbocycles. The van der Waals surface area contributed by atoms with Gasteiger partial charge in [0, 0.05) is 25.3 Å². The van der Waals surface area contributed by atoms with E-state index < -0.39 is 0 Å². The maximum atomic E-state index is 5.82. The molecule has 0 aliphatic heterocycles. The zero-order chi connectivity index (χ0) is 13.2. The summed E-state index contributed by atoms with van der Waals surface area (Å²) in [6, 6.07) is 4.57. The second-order valence-electron chi connectivity index (χ2n) is 5.89. The maximum Gasteiger partial charge on any atom is 0.128 e. The van der Waals surface area contributed by atoms with Crippen LogP contribution in [-0.4, -0.2) is 18.1 Å². The maximum absolute atomic E-state index is 5.82. The van der Waals surface area contributed by atoms with Crippen LogP contribution in [0.1, 0.15) is 46.2 Å². The van der Waals surface area contributed by atoms with Crippen molar-refractivity contribution in [2.45, 2.75) is 46.7 Å². The molecule has 0 bridgehead atoms. The number of nitrogens with zero attached hydrogens (tertiary/aromatic N) is 2. The van der Waals surface area contributed by atoms with E-state index in [1.54, 1.807) is 0 Å². The fourth-order valence-electron chi connectivity index (χ4n) is 1.65. The van der Waals surface area contributed by atoms with Gasteiger partial charge in [-0.15, -0.1) is 0 Å². The number of hydrogen-bond acceptors (Lipinski definition) is 3. The Balaban J connectivity index is 2.87. The molecule has 1 aromatic heterocycles. The van der Waals surface area contributed by atoms with Crippen LogP contribution in [0.15, 0.2) is 18.3 Å². The Morgan fingerprint density at radius 3 is 2.18 bits per heavy atom. The van der Waals surface area contributed by atoms with Gasteiger partial charge in [-0.25, -0.2) is 4.98 Å². The van der Waals surface area contributed by atoms with Crippen molar-refractivity contribution in [3.63, 3.8) is 0 Å². The molecule has 1 aromatic rings. The number of hydrogen-bond donors (Lipinski definition) is 1. The lowest BCUT2D eigenvalue weighted by Gasteiger charge is -2.36. The Morgan fingerprint density at radius 1 is 1.24 bits per heavy atom. The summed E-state index contributed by atoms with van der Waals surface area (Å²) in [6.07, 6.45) is 1.87. The van der Waals surface area contributed by atoms with Gasteiger partial charge in [-0.2, -0.15) is 0 Å². The number of nitrogens with two attached hydrogens (primary N) is 1. The average molecular weight is 235 g/mol. The van der Waals surface area contributed by atoms with Gasteiger partial charge in [0.05, 0.1) is 0 Å². The van der Waals surface area contributed by atoms with Crippen LogP contribution >= 0.6 is 0 Å². The molecule has 3 heteroatoms. The fraction of sp³-hybridized carbons (Fsp3) is 0.643. The van der Waals surface area contributed by atoms with Crippen LogP contribution in [0.5, 0.6) is 0 Å². The van der Waals surface area contributed by atoms with Crippen LogP contribution in [0.4, 0.5) is 5.82 Å². The molecule has 0 fully saturated rings. The highest BCUT2D eigenvalue weighted by molar-refractivity contribution is 5.40. The largest absolute Gasteiger partial charge is 0.356 e. The Hall–Kier alpha value is -1.09. The summed E-state index contributed by atoms with van der Waals surface area (Å²) >= 11 is 0. The summed E-state index contributed by atoms with van der Waals surface area (Å²) in [4.78, 5) is 6.69. The van der Waals surface area contributed by atoms with Crippen molar-refractivity contribution in [3.05, 3.63) is 23.9 Å². The van der Waals surface area contributed by atoms with E-state index in [0.29, 0.717) is 6.04 Å². The van der Waals surface area contributed by atoms with Gasteiger partial charge in [0.25, 0.3) is 0 Å². The Morgan fingerprint density at radius 2 is 1.82 bits per heavy atom. The van der Waals surface area contributed by atoms with Crippen molar-refractivity contribution in [2.75, 3.05) is 11.9 Å². The Bertz CT molecular complexity index is 349. The zero-order valence-electron chi connectivity index (χ0n) is 11.9. The third-order valence-corrected chi connectivity index (χ3v) is 3.49. The van der Waals surface area contributed by atoms with E-state index in [0.717, 1.165) is 11.4 Å². The number of aromatic nitrogens is 1. The van der Waals surface area contributed by atoms with E-state index in [2.05, 4.69) is 50.7 Å². The molecule has 0 spiro atoms. The van der Waals surface area contributed by atoms with Crippen LogP contribution in [-0.2, 0) is 0 Å². The molecule has 2 N–H and O–H groups in total. The molecule has 0 radical (unpaired) electrons. The monoisotopic (exact) mass is 235 g/mol. The molecule has 0 aromatic carbocycles. The van der Waals surface area contributed by atoms with E-state index >= 15 is 0 Å². The highest BCUT2D eigenvalue weighted by atomic mass is 15.2. The Labute approximate surface area is 105 Å². The minimum absolute atomic E-state index is 0.0434. The van der Waals surface area contributed by atoms with Crippen molar-refractivity contribution < 1.29 is 0 Å². The van der Waals surface area contributed by atoms with E-state index in [-0.39, 0.29) is 11.5 Å². The van der Waals surface area contributed by atoms with Gasteiger partial charge in [-0.3, -0.25) is 0 Å². The van der Waals surface area contributed by atoms with Gasteiger partial charge in [0.15, 0.2) is 0 Å². The molecule has 1 heterocycles. The predicted octanol–water partition coefficient (Wildman–Crippen LogP) is 2.97. The molecule has 1 rings (SSSR count). The van der Waals surface area contributed by atoms with Gasteiger partial charge < -0.3 is 10.6 Å². The van der Waals surface area contributed by atoms with Crippen molar-refractivity contribution >= 4 is 5.82 Å². The first-order valence-corrected chi connectivity index (χ1v) is 6.18. The molecule has 0 amide bonds. The predicted molar refractivity (Wildman–Crippen MR) is 74.2 cm³/mol. The first-order chi connectivity index (χ1) is 7.73. The standard InChI is InChI=1S/C14H25N3/c1-10(15)12-7-8-13(16-9-12)17(6)11(2)14(3,4)5/h7-11H,15H2,1-6H3/t10-,11?/m1/s1. The molecule has 0 saturated heterocycles. The summed E-state index contributed by atoms with van der Waals surface area (Å²) < 4.78 is 0. The van der Waals surface area contributed by atoms with Gasteiger partial charge in [0.1, 0.15) is 5.82 Å². The second-order valence-corrected chi connectivity index (χ2v) is 5.89. The summed E-state index contributed by atoms with van der Waals surface area (Å²) in [5, 5.41) is 0. The topological polar surface area (TPSA) is 42.1 Å². The number of anilines is 1. The fourth-order valence-corrected chi connectivity index (χ4v) is 1.65. The van der Waals surface area contributed by atoms with Crippen molar-refractivity contribution in [3.8, 4) is 0 Å². The molecule has 1 unspecified atom stereocenters. The smallest absolute Gasteiger partial charge is 0.128 e. The van der Waals surface area contributed by atoms with E-state index in [1.807, 2.05) is 19.2 Å². The third-order valence-electron chi connectivity index (χ3n) is 3.49.